The summed E-state index contributed by atoms with van der Waals surface area (Å²) in [6.45, 7) is 7.66. The number of aryl methyl sites for hydroxylation is 2. The molecule has 0 saturated carbocycles. The van der Waals surface area contributed by atoms with Gasteiger partial charge in [0.2, 0.25) is 0 Å². The maximum absolute atomic E-state index is 6.11. The molecule has 1 aliphatic heterocycles. The number of hydrogen-bond acceptors (Lipinski definition) is 4. The van der Waals surface area contributed by atoms with E-state index >= 15 is 0 Å². The van der Waals surface area contributed by atoms with E-state index in [1.54, 1.807) is 11.3 Å². The quantitative estimate of drug-likeness (QED) is 0.710. The van der Waals surface area contributed by atoms with E-state index in [1.165, 1.54) is 17.0 Å². The molecule has 0 spiro atoms. The summed E-state index contributed by atoms with van der Waals surface area (Å²) in [4.78, 5) is 4.62. The van der Waals surface area contributed by atoms with Crippen molar-refractivity contribution in [2.24, 2.45) is 0 Å². The van der Waals surface area contributed by atoms with Gasteiger partial charge in [0.25, 0.3) is 0 Å². The van der Waals surface area contributed by atoms with Gasteiger partial charge < -0.3 is 14.0 Å². The first kappa shape index (κ1) is 15.3. The van der Waals surface area contributed by atoms with Crippen LogP contribution in [0.15, 0.2) is 35.7 Å². The normalized spacial score (nSPS) is 16.4. The minimum atomic E-state index is 0.00900. The predicted octanol–water partition coefficient (Wildman–Crippen LogP) is 4.38. The summed E-state index contributed by atoms with van der Waals surface area (Å²) in [5, 5.41) is 3.22. The van der Waals surface area contributed by atoms with Crippen LogP contribution in [-0.2, 0) is 6.54 Å². The molecule has 2 aromatic heterocycles. The van der Waals surface area contributed by atoms with Gasteiger partial charge in [-0.05, 0) is 39.0 Å². The van der Waals surface area contributed by atoms with E-state index in [0.29, 0.717) is 6.61 Å². The van der Waals surface area contributed by atoms with Crippen LogP contribution in [0.25, 0.3) is 11.3 Å². The molecule has 0 amide bonds. The Labute approximate surface area is 145 Å². The summed E-state index contributed by atoms with van der Waals surface area (Å²) in [7, 11) is 0. The molecule has 3 aromatic rings. The zero-order chi connectivity index (χ0) is 16.7. The van der Waals surface area contributed by atoms with Gasteiger partial charge in [-0.2, -0.15) is 0 Å². The van der Waals surface area contributed by atoms with Gasteiger partial charge in [-0.25, -0.2) is 4.98 Å². The van der Waals surface area contributed by atoms with Gasteiger partial charge in [-0.1, -0.05) is 12.1 Å². The SMILES string of the molecule is Cc1nc(-c2cc(C)n(C[C@H]3COc4ccccc4O3)c2C)cs1. The molecule has 24 heavy (non-hydrogen) atoms. The number of rotatable bonds is 3. The van der Waals surface area contributed by atoms with E-state index in [9.17, 15) is 0 Å². The average Bonchev–Trinajstić information content (AvgIpc) is 3.13. The van der Waals surface area contributed by atoms with Crippen molar-refractivity contribution >= 4 is 11.3 Å². The molecule has 4 nitrogen and oxygen atoms in total. The molecular weight excluding hydrogens is 320 g/mol. The molecular formula is C19H20N2O2S. The van der Waals surface area contributed by atoms with Gasteiger partial charge in [-0.3, -0.25) is 0 Å². The Morgan fingerprint density at radius 3 is 2.75 bits per heavy atom. The third kappa shape index (κ3) is 2.69. The molecule has 0 N–H and O–H groups in total. The Morgan fingerprint density at radius 1 is 1.21 bits per heavy atom. The van der Waals surface area contributed by atoms with Crippen molar-refractivity contribution in [1.82, 2.24) is 9.55 Å². The highest BCUT2D eigenvalue weighted by Crippen LogP contribution is 2.32. The van der Waals surface area contributed by atoms with Crippen molar-refractivity contribution in [3.63, 3.8) is 0 Å². The van der Waals surface area contributed by atoms with Crippen LogP contribution in [0.4, 0.5) is 0 Å². The summed E-state index contributed by atoms with van der Waals surface area (Å²) >= 11 is 1.69. The van der Waals surface area contributed by atoms with Crippen molar-refractivity contribution in [2.45, 2.75) is 33.4 Å². The third-order valence-corrected chi connectivity index (χ3v) is 5.20. The highest BCUT2D eigenvalue weighted by Gasteiger charge is 2.23. The summed E-state index contributed by atoms with van der Waals surface area (Å²) in [5.41, 5.74) is 4.70. The standard InChI is InChI=1S/C19H20N2O2S/c1-12-8-16(17-11-24-14(3)20-17)13(2)21(12)9-15-10-22-18-6-4-5-7-19(18)23-15/h4-8,11,15H,9-10H2,1-3H3/t15-/m0/s1. The minimum Gasteiger partial charge on any atom is -0.486 e. The lowest BCUT2D eigenvalue weighted by molar-refractivity contribution is 0.0778. The molecule has 0 fully saturated rings. The summed E-state index contributed by atoms with van der Waals surface area (Å²) in [5.74, 6) is 1.65. The topological polar surface area (TPSA) is 36.3 Å². The lowest BCUT2D eigenvalue weighted by atomic mass is 10.2. The Bertz CT molecular complexity index is 881. The van der Waals surface area contributed by atoms with Gasteiger partial charge in [0, 0.05) is 22.3 Å². The fourth-order valence-corrected chi connectivity index (χ4v) is 3.80. The molecule has 5 heteroatoms. The maximum Gasteiger partial charge on any atom is 0.161 e. The molecule has 124 valence electrons. The average molecular weight is 340 g/mol. The number of ether oxygens (including phenoxy) is 2. The fraction of sp³-hybridized carbons (Fsp3) is 0.316. The highest BCUT2D eigenvalue weighted by molar-refractivity contribution is 7.09. The summed E-state index contributed by atoms with van der Waals surface area (Å²) < 4.78 is 14.2. The number of benzene rings is 1. The van der Waals surface area contributed by atoms with E-state index in [4.69, 9.17) is 9.47 Å². The zero-order valence-corrected chi connectivity index (χ0v) is 14.9. The molecule has 0 radical (unpaired) electrons. The van der Waals surface area contributed by atoms with Crippen LogP contribution in [-0.4, -0.2) is 22.3 Å². The lowest BCUT2D eigenvalue weighted by Gasteiger charge is -2.27. The largest absolute Gasteiger partial charge is 0.486 e. The van der Waals surface area contributed by atoms with Crippen molar-refractivity contribution in [3.05, 3.63) is 52.1 Å². The number of fused-ring (bicyclic) bond motifs is 1. The van der Waals surface area contributed by atoms with Gasteiger partial charge in [0.1, 0.15) is 6.61 Å². The first-order valence-corrected chi connectivity index (χ1v) is 8.97. The smallest absolute Gasteiger partial charge is 0.161 e. The number of nitrogens with zero attached hydrogens (tertiary/aromatic N) is 2. The van der Waals surface area contributed by atoms with Gasteiger partial charge >= 0.3 is 0 Å². The molecule has 0 unspecified atom stereocenters. The van der Waals surface area contributed by atoms with Crippen LogP contribution in [0, 0.1) is 20.8 Å². The zero-order valence-electron chi connectivity index (χ0n) is 14.1. The number of thiazole rings is 1. The number of para-hydroxylation sites is 2. The third-order valence-electron chi connectivity index (χ3n) is 4.42. The maximum atomic E-state index is 6.11. The first-order valence-electron chi connectivity index (χ1n) is 8.09. The van der Waals surface area contributed by atoms with Crippen molar-refractivity contribution < 1.29 is 9.47 Å². The number of aromatic nitrogens is 2. The molecule has 0 saturated heterocycles. The van der Waals surface area contributed by atoms with Crippen LogP contribution in [0.5, 0.6) is 11.5 Å². The van der Waals surface area contributed by atoms with Crippen LogP contribution in [0.2, 0.25) is 0 Å². The predicted molar refractivity (Wildman–Crippen MR) is 96.1 cm³/mol. The number of hydrogen-bond donors (Lipinski definition) is 0. The molecule has 3 heterocycles. The lowest BCUT2D eigenvalue weighted by Crippen LogP contribution is -2.33. The van der Waals surface area contributed by atoms with Crippen LogP contribution < -0.4 is 9.47 Å². The summed E-state index contributed by atoms with van der Waals surface area (Å²) in [6.07, 6.45) is 0.00900. The minimum absolute atomic E-state index is 0.00900. The highest BCUT2D eigenvalue weighted by atomic mass is 32.1. The van der Waals surface area contributed by atoms with Crippen molar-refractivity contribution in [2.75, 3.05) is 6.61 Å². The fourth-order valence-electron chi connectivity index (χ4n) is 3.19. The molecule has 1 aromatic carbocycles. The van der Waals surface area contributed by atoms with Gasteiger partial charge in [-0.15, -0.1) is 11.3 Å². The monoisotopic (exact) mass is 340 g/mol. The van der Waals surface area contributed by atoms with E-state index < -0.39 is 0 Å². The molecule has 1 aliphatic rings. The van der Waals surface area contributed by atoms with E-state index in [0.717, 1.165) is 28.7 Å². The van der Waals surface area contributed by atoms with Crippen molar-refractivity contribution in [1.29, 1.82) is 0 Å². The molecule has 4 rings (SSSR count). The Hall–Kier alpha value is -2.27. The molecule has 1 atom stereocenters. The second-order valence-corrected chi connectivity index (χ2v) is 7.21. The van der Waals surface area contributed by atoms with Gasteiger partial charge in [0.05, 0.1) is 17.2 Å². The van der Waals surface area contributed by atoms with E-state index in [1.807, 2.05) is 31.2 Å². The molecule has 0 bridgehead atoms. The summed E-state index contributed by atoms with van der Waals surface area (Å²) in [6, 6.07) is 10.0. The Morgan fingerprint density at radius 2 is 2.00 bits per heavy atom. The second-order valence-electron chi connectivity index (χ2n) is 6.14. The van der Waals surface area contributed by atoms with Gasteiger partial charge in [0.15, 0.2) is 17.6 Å². The molecule has 0 aliphatic carbocycles. The van der Waals surface area contributed by atoms with Crippen LogP contribution in [0.1, 0.15) is 16.4 Å². The van der Waals surface area contributed by atoms with E-state index in [2.05, 4.69) is 34.8 Å². The first-order chi connectivity index (χ1) is 11.6. The van der Waals surface area contributed by atoms with Crippen LogP contribution in [0.3, 0.4) is 0 Å². The second kappa shape index (κ2) is 5.98. The van der Waals surface area contributed by atoms with Crippen molar-refractivity contribution in [3.8, 4) is 22.8 Å². The van der Waals surface area contributed by atoms with E-state index in [-0.39, 0.29) is 6.10 Å². The Kier molecular flexibility index (Phi) is 3.81. The Balaban J connectivity index is 1.59. The van der Waals surface area contributed by atoms with Crippen LogP contribution >= 0.6 is 11.3 Å².